The number of nitrogens with one attached hydrogen (secondary N) is 1. The van der Waals surface area contributed by atoms with Crippen LogP contribution >= 0.6 is 11.3 Å². The van der Waals surface area contributed by atoms with E-state index in [9.17, 15) is 9.59 Å². The Kier molecular flexibility index (Phi) is 4.89. The first-order valence-corrected chi connectivity index (χ1v) is 7.14. The van der Waals surface area contributed by atoms with Crippen LogP contribution < -0.4 is 5.32 Å². The first-order valence-electron chi connectivity index (χ1n) is 6.26. The van der Waals surface area contributed by atoms with Crippen LogP contribution in [0.3, 0.4) is 0 Å². The van der Waals surface area contributed by atoms with Crippen molar-refractivity contribution in [2.45, 2.75) is 13.8 Å². The summed E-state index contributed by atoms with van der Waals surface area (Å²) in [5.41, 5.74) is 0.183. The van der Waals surface area contributed by atoms with Crippen molar-refractivity contribution in [3.05, 3.63) is 40.8 Å². The molecule has 0 atom stereocenters. The number of amides is 1. The summed E-state index contributed by atoms with van der Waals surface area (Å²) >= 11 is 1.16. The number of rotatable bonds is 5. The van der Waals surface area contributed by atoms with Gasteiger partial charge in [-0.05, 0) is 32.1 Å². The van der Waals surface area contributed by atoms with E-state index in [1.165, 1.54) is 11.5 Å². The molecule has 0 aliphatic rings. The predicted molar refractivity (Wildman–Crippen MR) is 79.2 cm³/mol. The van der Waals surface area contributed by atoms with E-state index in [2.05, 4.69) is 10.3 Å². The van der Waals surface area contributed by atoms with E-state index in [-0.39, 0.29) is 18.2 Å². The van der Waals surface area contributed by atoms with Crippen molar-refractivity contribution in [1.29, 1.82) is 0 Å². The highest BCUT2D eigenvalue weighted by Gasteiger charge is 2.12. The zero-order chi connectivity index (χ0) is 15.2. The van der Waals surface area contributed by atoms with Gasteiger partial charge in [0.2, 0.25) is 5.91 Å². The quantitative estimate of drug-likeness (QED) is 0.678. The number of carbonyl (C=O) groups is 2. The van der Waals surface area contributed by atoms with Crippen LogP contribution in [-0.2, 0) is 9.53 Å². The molecule has 7 heteroatoms. The summed E-state index contributed by atoms with van der Waals surface area (Å²) in [5.74, 6) is 0.507. The number of furan rings is 1. The van der Waals surface area contributed by atoms with Crippen LogP contribution in [0.15, 0.2) is 28.0 Å². The monoisotopic (exact) mass is 306 g/mol. The van der Waals surface area contributed by atoms with Gasteiger partial charge in [0.25, 0.3) is 0 Å². The minimum Gasteiger partial charge on any atom is -0.462 e. The molecule has 6 nitrogen and oxygen atoms in total. The molecular weight excluding hydrogens is 292 g/mol. The van der Waals surface area contributed by atoms with Gasteiger partial charge in [-0.25, -0.2) is 9.78 Å². The lowest BCUT2D eigenvalue weighted by Gasteiger charge is -1.97. The molecule has 110 valence electrons. The zero-order valence-corrected chi connectivity index (χ0v) is 12.4. The minimum atomic E-state index is -0.504. The van der Waals surface area contributed by atoms with Crippen LogP contribution in [0, 0.1) is 6.92 Å². The van der Waals surface area contributed by atoms with E-state index < -0.39 is 5.97 Å². The predicted octanol–water partition coefficient (Wildman–Crippen LogP) is 2.87. The molecule has 2 heterocycles. The molecule has 1 N–H and O–H groups in total. The molecule has 0 spiro atoms. The van der Waals surface area contributed by atoms with Crippen LogP contribution in [0.1, 0.15) is 28.9 Å². The van der Waals surface area contributed by atoms with Gasteiger partial charge < -0.3 is 9.15 Å². The molecular formula is C14H14N2O4S. The Morgan fingerprint density at radius 3 is 2.95 bits per heavy atom. The summed E-state index contributed by atoms with van der Waals surface area (Å²) in [7, 11) is 0. The third kappa shape index (κ3) is 4.28. The maximum Gasteiger partial charge on any atom is 0.357 e. The number of aryl methyl sites for hydroxylation is 1. The van der Waals surface area contributed by atoms with Gasteiger partial charge in [-0.2, -0.15) is 0 Å². The van der Waals surface area contributed by atoms with Crippen LogP contribution in [0.25, 0.3) is 6.08 Å². The summed E-state index contributed by atoms with van der Waals surface area (Å²) < 4.78 is 10.1. The van der Waals surface area contributed by atoms with Gasteiger partial charge in [-0.3, -0.25) is 10.1 Å². The fraction of sp³-hybridized carbons (Fsp3) is 0.214. The first kappa shape index (κ1) is 15.0. The number of ether oxygens (including phenoxy) is 1. The highest BCUT2D eigenvalue weighted by atomic mass is 32.1. The Balaban J connectivity index is 1.94. The summed E-state index contributed by atoms with van der Waals surface area (Å²) in [6.45, 7) is 3.82. The van der Waals surface area contributed by atoms with Gasteiger partial charge in [0.05, 0.1) is 6.61 Å². The highest BCUT2D eigenvalue weighted by Crippen LogP contribution is 2.16. The first-order chi connectivity index (χ1) is 10.1. The number of thiazole rings is 1. The standard InChI is InChI=1S/C14H14N2O4S/c1-3-19-13(18)11-8-21-14(15-11)16-12(17)7-6-10-5-4-9(2)20-10/h4-8H,3H2,1-2H3,(H,15,16,17)/b7-6+. The average molecular weight is 306 g/mol. The molecule has 2 rings (SSSR count). The molecule has 0 aliphatic carbocycles. The number of aromatic nitrogens is 1. The van der Waals surface area contributed by atoms with Gasteiger partial charge in [-0.1, -0.05) is 0 Å². The lowest BCUT2D eigenvalue weighted by molar-refractivity contribution is -0.111. The SMILES string of the molecule is CCOC(=O)c1csc(NC(=O)/C=C/c2ccc(C)o2)n1. The molecule has 21 heavy (non-hydrogen) atoms. The van der Waals surface area contributed by atoms with Gasteiger partial charge in [0.1, 0.15) is 11.5 Å². The number of nitrogens with zero attached hydrogens (tertiary/aromatic N) is 1. The van der Waals surface area contributed by atoms with Crippen LogP contribution in [0.2, 0.25) is 0 Å². The Morgan fingerprint density at radius 1 is 1.48 bits per heavy atom. The lowest BCUT2D eigenvalue weighted by atomic mass is 10.4. The van der Waals surface area contributed by atoms with Gasteiger partial charge >= 0.3 is 5.97 Å². The number of hydrogen-bond donors (Lipinski definition) is 1. The average Bonchev–Trinajstić information content (AvgIpc) is 3.06. The molecule has 0 aromatic carbocycles. The Labute approximate surface area is 125 Å². The molecule has 0 unspecified atom stereocenters. The van der Waals surface area contributed by atoms with Crippen LogP contribution in [0.5, 0.6) is 0 Å². The molecule has 0 saturated carbocycles. The van der Waals surface area contributed by atoms with Crippen molar-refractivity contribution in [3.8, 4) is 0 Å². The van der Waals surface area contributed by atoms with Crippen molar-refractivity contribution in [1.82, 2.24) is 4.98 Å². The molecule has 0 radical (unpaired) electrons. The maximum absolute atomic E-state index is 11.7. The minimum absolute atomic E-state index is 0.183. The van der Waals surface area contributed by atoms with Crippen molar-refractivity contribution in [2.24, 2.45) is 0 Å². The fourth-order valence-corrected chi connectivity index (χ4v) is 2.16. The summed E-state index contributed by atoms with van der Waals surface area (Å²) in [6.07, 6.45) is 2.89. The van der Waals surface area contributed by atoms with Crippen molar-refractivity contribution < 1.29 is 18.7 Å². The smallest absolute Gasteiger partial charge is 0.357 e. The number of carbonyl (C=O) groups excluding carboxylic acids is 2. The van der Waals surface area contributed by atoms with Gasteiger partial charge in [0, 0.05) is 11.5 Å². The summed E-state index contributed by atoms with van der Waals surface area (Å²) in [4.78, 5) is 27.1. The third-order valence-electron chi connectivity index (χ3n) is 2.38. The van der Waals surface area contributed by atoms with E-state index in [4.69, 9.17) is 9.15 Å². The normalized spacial score (nSPS) is 10.8. The Morgan fingerprint density at radius 2 is 2.29 bits per heavy atom. The van der Waals surface area contributed by atoms with E-state index in [0.717, 1.165) is 17.1 Å². The topological polar surface area (TPSA) is 81.4 Å². The second-order valence-corrected chi connectivity index (χ2v) is 4.89. The van der Waals surface area contributed by atoms with E-state index in [1.54, 1.807) is 19.1 Å². The second kappa shape index (κ2) is 6.85. The molecule has 2 aromatic heterocycles. The highest BCUT2D eigenvalue weighted by molar-refractivity contribution is 7.14. The molecule has 0 fully saturated rings. The summed E-state index contributed by atoms with van der Waals surface area (Å²) in [5, 5.41) is 4.44. The van der Waals surface area contributed by atoms with Gasteiger partial charge in [-0.15, -0.1) is 11.3 Å². The molecule has 0 aliphatic heterocycles. The fourth-order valence-electron chi connectivity index (χ4n) is 1.48. The van der Waals surface area contributed by atoms with Crippen LogP contribution in [-0.4, -0.2) is 23.5 Å². The number of hydrogen-bond acceptors (Lipinski definition) is 6. The third-order valence-corrected chi connectivity index (χ3v) is 3.14. The van der Waals surface area contributed by atoms with E-state index in [0.29, 0.717) is 10.9 Å². The maximum atomic E-state index is 11.7. The molecule has 0 bridgehead atoms. The van der Waals surface area contributed by atoms with Crippen LogP contribution in [0.4, 0.5) is 5.13 Å². The second-order valence-electron chi connectivity index (χ2n) is 4.03. The molecule has 0 saturated heterocycles. The van der Waals surface area contributed by atoms with E-state index >= 15 is 0 Å². The van der Waals surface area contributed by atoms with Gasteiger partial charge in [0.15, 0.2) is 10.8 Å². The number of esters is 1. The zero-order valence-electron chi connectivity index (χ0n) is 11.6. The molecule has 2 aromatic rings. The Hall–Kier alpha value is -2.41. The lowest BCUT2D eigenvalue weighted by Crippen LogP contribution is -2.09. The number of anilines is 1. The van der Waals surface area contributed by atoms with Crippen molar-refractivity contribution in [2.75, 3.05) is 11.9 Å². The Bertz CT molecular complexity index is 672. The summed E-state index contributed by atoms with van der Waals surface area (Å²) in [6, 6.07) is 3.57. The largest absolute Gasteiger partial charge is 0.462 e. The van der Waals surface area contributed by atoms with E-state index in [1.807, 2.05) is 13.0 Å². The van der Waals surface area contributed by atoms with Crippen molar-refractivity contribution >= 4 is 34.4 Å². The molecule has 1 amide bonds. The van der Waals surface area contributed by atoms with Crippen molar-refractivity contribution in [3.63, 3.8) is 0 Å².